The first kappa shape index (κ1) is 9.86. The Morgan fingerprint density at radius 2 is 2.36 bits per heavy atom. The minimum atomic E-state index is -0.565. The van der Waals surface area contributed by atoms with Gasteiger partial charge in [0, 0.05) is 40.7 Å². The Hall–Kier alpha value is -0.680. The quantitative estimate of drug-likeness (QED) is 0.764. The van der Waals surface area contributed by atoms with Crippen molar-refractivity contribution in [1.29, 1.82) is 0 Å². The summed E-state index contributed by atoms with van der Waals surface area (Å²) in [6.07, 6.45) is 5.63. The van der Waals surface area contributed by atoms with Crippen LogP contribution in [0.3, 0.4) is 0 Å². The van der Waals surface area contributed by atoms with Gasteiger partial charge in [-0.1, -0.05) is 0 Å². The molecule has 1 saturated heterocycles. The van der Waals surface area contributed by atoms with Gasteiger partial charge in [-0.3, -0.25) is 4.21 Å². The molecular formula is C9H15N3OS. The second-order valence-corrected chi connectivity index (χ2v) is 5.24. The number of hydrogen-bond donors (Lipinski definition) is 2. The molecule has 0 amide bonds. The Labute approximate surface area is 86.0 Å². The van der Waals surface area contributed by atoms with Gasteiger partial charge in [0.2, 0.25) is 0 Å². The van der Waals surface area contributed by atoms with E-state index in [9.17, 15) is 4.21 Å². The van der Waals surface area contributed by atoms with E-state index in [-0.39, 0.29) is 0 Å². The molecule has 1 aromatic rings. The van der Waals surface area contributed by atoms with Crippen LogP contribution in [0.4, 0.5) is 0 Å². The van der Waals surface area contributed by atoms with Gasteiger partial charge in [0.1, 0.15) is 5.82 Å². The fourth-order valence-electron chi connectivity index (χ4n) is 1.63. The number of nitrogens with zero attached hydrogens (tertiary/aromatic N) is 1. The van der Waals surface area contributed by atoms with Gasteiger partial charge in [0.05, 0.1) is 6.54 Å². The molecule has 5 heteroatoms. The highest BCUT2D eigenvalue weighted by Gasteiger charge is 2.16. The molecule has 0 atom stereocenters. The molecule has 1 aliphatic rings. The van der Waals surface area contributed by atoms with E-state index in [1.54, 1.807) is 6.20 Å². The van der Waals surface area contributed by atoms with Gasteiger partial charge in [-0.25, -0.2) is 4.98 Å². The molecule has 0 bridgehead atoms. The third-order valence-corrected chi connectivity index (χ3v) is 3.88. The topological polar surface area (TPSA) is 57.8 Å². The first-order valence-electron chi connectivity index (χ1n) is 4.91. The van der Waals surface area contributed by atoms with E-state index in [2.05, 4.69) is 15.3 Å². The van der Waals surface area contributed by atoms with Gasteiger partial charge in [-0.15, -0.1) is 0 Å². The molecule has 2 heterocycles. The van der Waals surface area contributed by atoms with Crippen LogP contribution < -0.4 is 5.32 Å². The molecule has 4 nitrogen and oxygen atoms in total. The predicted octanol–water partition coefficient (Wildman–Crippen LogP) is 0.410. The monoisotopic (exact) mass is 213 g/mol. The van der Waals surface area contributed by atoms with Crippen molar-refractivity contribution < 1.29 is 4.21 Å². The fourth-order valence-corrected chi connectivity index (χ4v) is 2.93. The molecule has 1 aromatic heterocycles. The third kappa shape index (κ3) is 2.65. The number of aromatic amines is 1. The molecule has 0 unspecified atom stereocenters. The molecular weight excluding hydrogens is 198 g/mol. The van der Waals surface area contributed by atoms with Crippen LogP contribution in [-0.4, -0.2) is 31.7 Å². The van der Waals surface area contributed by atoms with Crippen molar-refractivity contribution in [2.45, 2.75) is 25.4 Å². The maximum atomic E-state index is 11.1. The van der Waals surface area contributed by atoms with Crippen LogP contribution in [0, 0.1) is 0 Å². The van der Waals surface area contributed by atoms with E-state index < -0.39 is 10.8 Å². The Kier molecular flexibility index (Phi) is 3.31. The number of aromatic nitrogens is 2. The summed E-state index contributed by atoms with van der Waals surface area (Å²) >= 11 is 0. The minimum Gasteiger partial charge on any atom is -0.348 e. The SMILES string of the molecule is O=S1CCC(NCc2ncc[nH]2)CC1. The van der Waals surface area contributed by atoms with Crippen molar-refractivity contribution in [3.8, 4) is 0 Å². The fraction of sp³-hybridized carbons (Fsp3) is 0.667. The van der Waals surface area contributed by atoms with Gasteiger partial charge >= 0.3 is 0 Å². The Morgan fingerprint density at radius 1 is 1.57 bits per heavy atom. The third-order valence-electron chi connectivity index (χ3n) is 2.50. The molecule has 0 aromatic carbocycles. The zero-order valence-electron chi connectivity index (χ0n) is 8.03. The van der Waals surface area contributed by atoms with Gasteiger partial charge in [0.25, 0.3) is 0 Å². The lowest BCUT2D eigenvalue weighted by Crippen LogP contribution is -2.35. The standard InChI is InChI=1S/C9H15N3OS/c13-14-5-1-8(2-6-14)12-7-9-10-3-4-11-9/h3-4,8,12H,1-2,5-7H2,(H,10,11). The summed E-state index contributed by atoms with van der Waals surface area (Å²) < 4.78 is 11.1. The lowest BCUT2D eigenvalue weighted by atomic mass is 10.1. The zero-order valence-corrected chi connectivity index (χ0v) is 8.85. The summed E-state index contributed by atoms with van der Waals surface area (Å²) in [5.74, 6) is 2.66. The summed E-state index contributed by atoms with van der Waals surface area (Å²) in [5.41, 5.74) is 0. The smallest absolute Gasteiger partial charge is 0.120 e. The van der Waals surface area contributed by atoms with E-state index in [0.717, 1.165) is 36.7 Å². The second-order valence-electron chi connectivity index (χ2n) is 3.54. The summed E-state index contributed by atoms with van der Waals surface area (Å²) in [4.78, 5) is 7.19. The highest BCUT2D eigenvalue weighted by atomic mass is 32.2. The number of imidazole rings is 1. The van der Waals surface area contributed by atoms with Crippen molar-refractivity contribution >= 4 is 10.8 Å². The minimum absolute atomic E-state index is 0.512. The van der Waals surface area contributed by atoms with E-state index in [0.29, 0.717) is 6.04 Å². The van der Waals surface area contributed by atoms with Crippen molar-refractivity contribution in [1.82, 2.24) is 15.3 Å². The normalized spacial score (nSPS) is 27.7. The van der Waals surface area contributed by atoms with Crippen LogP contribution in [0.25, 0.3) is 0 Å². The van der Waals surface area contributed by atoms with E-state index in [4.69, 9.17) is 0 Å². The van der Waals surface area contributed by atoms with E-state index in [1.165, 1.54) is 0 Å². The first-order chi connectivity index (χ1) is 6.84. The second kappa shape index (κ2) is 4.70. The maximum absolute atomic E-state index is 11.1. The predicted molar refractivity (Wildman–Crippen MR) is 56.3 cm³/mol. The molecule has 2 rings (SSSR count). The van der Waals surface area contributed by atoms with Crippen molar-refractivity contribution in [3.05, 3.63) is 18.2 Å². The molecule has 0 radical (unpaired) electrons. The van der Waals surface area contributed by atoms with E-state index >= 15 is 0 Å². The summed E-state index contributed by atoms with van der Waals surface area (Å²) in [5, 5.41) is 3.42. The van der Waals surface area contributed by atoms with Gasteiger partial charge in [-0.05, 0) is 12.8 Å². The molecule has 14 heavy (non-hydrogen) atoms. The van der Waals surface area contributed by atoms with Gasteiger partial charge in [-0.2, -0.15) is 0 Å². The lowest BCUT2D eigenvalue weighted by Gasteiger charge is -2.21. The first-order valence-corrected chi connectivity index (χ1v) is 6.40. The van der Waals surface area contributed by atoms with Crippen molar-refractivity contribution in [2.24, 2.45) is 0 Å². The summed E-state index contributed by atoms with van der Waals surface area (Å²) in [6.45, 7) is 0.782. The van der Waals surface area contributed by atoms with Crippen LogP contribution >= 0.6 is 0 Å². The molecule has 1 fully saturated rings. The Morgan fingerprint density at radius 3 is 3.00 bits per heavy atom. The number of H-pyrrole nitrogens is 1. The number of hydrogen-bond acceptors (Lipinski definition) is 3. The summed E-state index contributed by atoms with van der Waals surface area (Å²) in [6, 6.07) is 0.512. The Balaban J connectivity index is 1.73. The number of rotatable bonds is 3. The maximum Gasteiger partial charge on any atom is 0.120 e. The highest BCUT2D eigenvalue weighted by Crippen LogP contribution is 2.09. The molecule has 1 aliphatic heterocycles. The van der Waals surface area contributed by atoms with Crippen LogP contribution in [0.1, 0.15) is 18.7 Å². The molecule has 78 valence electrons. The van der Waals surface area contributed by atoms with Crippen LogP contribution in [-0.2, 0) is 17.3 Å². The largest absolute Gasteiger partial charge is 0.348 e. The van der Waals surface area contributed by atoms with E-state index in [1.807, 2.05) is 6.20 Å². The molecule has 0 spiro atoms. The van der Waals surface area contributed by atoms with Crippen LogP contribution in [0.15, 0.2) is 12.4 Å². The van der Waals surface area contributed by atoms with Crippen molar-refractivity contribution in [2.75, 3.05) is 11.5 Å². The lowest BCUT2D eigenvalue weighted by molar-refractivity contribution is 0.469. The van der Waals surface area contributed by atoms with Crippen LogP contribution in [0.2, 0.25) is 0 Å². The Bertz CT molecular complexity index is 289. The molecule has 0 aliphatic carbocycles. The van der Waals surface area contributed by atoms with Gasteiger partial charge < -0.3 is 10.3 Å². The average molecular weight is 213 g/mol. The highest BCUT2D eigenvalue weighted by molar-refractivity contribution is 7.85. The number of nitrogens with one attached hydrogen (secondary N) is 2. The molecule has 2 N–H and O–H groups in total. The molecule has 0 saturated carbocycles. The van der Waals surface area contributed by atoms with Gasteiger partial charge in [0.15, 0.2) is 0 Å². The van der Waals surface area contributed by atoms with Crippen LogP contribution in [0.5, 0.6) is 0 Å². The van der Waals surface area contributed by atoms with Crippen molar-refractivity contribution in [3.63, 3.8) is 0 Å². The summed E-state index contributed by atoms with van der Waals surface area (Å²) in [7, 11) is -0.565. The average Bonchev–Trinajstić information content (AvgIpc) is 2.70. The zero-order chi connectivity index (χ0) is 9.80.